The molecule has 4 aliphatic rings. The molecule has 3 heteroatoms. The molecule has 0 aromatic carbocycles. The van der Waals surface area contributed by atoms with Crippen LogP contribution in [0.25, 0.3) is 0 Å². The van der Waals surface area contributed by atoms with Crippen LogP contribution in [0.2, 0.25) is 0 Å². The van der Waals surface area contributed by atoms with E-state index in [1.54, 1.807) is 6.08 Å². The van der Waals surface area contributed by atoms with E-state index in [1.807, 2.05) is 0 Å². The van der Waals surface area contributed by atoms with Gasteiger partial charge in [-0.05, 0) is 82.6 Å². The Morgan fingerprint density at radius 3 is 2.69 bits per heavy atom. The van der Waals surface area contributed by atoms with Gasteiger partial charge in [0.25, 0.3) is 0 Å². The van der Waals surface area contributed by atoms with Crippen LogP contribution < -0.4 is 0 Å². The first-order valence-corrected chi connectivity index (χ1v) is 9.64. The monoisotopic (exact) mass is 349 g/mol. The summed E-state index contributed by atoms with van der Waals surface area (Å²) in [6.07, 6.45) is 7.20. The van der Waals surface area contributed by atoms with E-state index >= 15 is 0 Å². The quantitative estimate of drug-likeness (QED) is 0.623. The fraction of sp³-hybridized carbons (Fsp3) is 0.565. The largest absolute Gasteiger partial charge is 0.515 e. The summed E-state index contributed by atoms with van der Waals surface area (Å²) in [5.41, 5.74) is 3.67. The Kier molecular flexibility index (Phi) is 3.64. The summed E-state index contributed by atoms with van der Waals surface area (Å²) >= 11 is 0. The van der Waals surface area contributed by atoms with E-state index < -0.39 is 0 Å². The van der Waals surface area contributed by atoms with Gasteiger partial charge in [-0.3, -0.25) is 4.79 Å². The van der Waals surface area contributed by atoms with Crippen molar-refractivity contribution < 1.29 is 9.90 Å². The van der Waals surface area contributed by atoms with Crippen LogP contribution in [0.3, 0.4) is 0 Å². The Balaban J connectivity index is 1.83. The fourth-order valence-electron chi connectivity index (χ4n) is 6.84. The standard InChI is InChI=1S/C23H27NO2/c1-13-14(2)21-17-9-15(12-25)19-10-16(26)5-7-22(19,3)18(17)6-8-23(21,4)20(13)11-24/h10,12,17-18,20-21,25H,1-2,5-9H2,3-4H3/t17-,18-,20?,21+,22-,23-/m1/s1. The number of nitrogens with zero attached hydrogens (tertiary/aromatic N) is 1. The molecule has 3 nitrogen and oxygen atoms in total. The molecule has 1 unspecified atom stereocenters. The van der Waals surface area contributed by atoms with E-state index in [1.165, 1.54) is 6.26 Å². The zero-order valence-electron chi connectivity index (χ0n) is 15.7. The van der Waals surface area contributed by atoms with E-state index in [2.05, 4.69) is 33.1 Å². The van der Waals surface area contributed by atoms with Crippen molar-refractivity contribution in [2.45, 2.75) is 46.0 Å². The third-order valence-electron chi connectivity index (χ3n) is 8.16. The maximum Gasteiger partial charge on any atom is 0.156 e. The molecule has 0 spiro atoms. The number of rotatable bonds is 0. The first-order valence-electron chi connectivity index (χ1n) is 9.64. The second-order valence-corrected chi connectivity index (χ2v) is 9.21. The van der Waals surface area contributed by atoms with Gasteiger partial charge in [-0.15, -0.1) is 0 Å². The number of allylic oxidation sites excluding steroid dienone is 4. The first kappa shape index (κ1) is 17.3. The highest BCUT2D eigenvalue weighted by atomic mass is 16.2. The van der Waals surface area contributed by atoms with Gasteiger partial charge < -0.3 is 5.11 Å². The Morgan fingerprint density at radius 1 is 1.31 bits per heavy atom. The van der Waals surface area contributed by atoms with Crippen molar-refractivity contribution in [3.8, 4) is 6.07 Å². The molecule has 26 heavy (non-hydrogen) atoms. The molecule has 0 saturated heterocycles. The molecule has 3 saturated carbocycles. The lowest BCUT2D eigenvalue weighted by Crippen LogP contribution is -2.51. The molecule has 0 amide bonds. The van der Waals surface area contributed by atoms with Crippen LogP contribution in [0, 0.1) is 45.8 Å². The molecule has 1 N–H and O–H groups in total. The summed E-state index contributed by atoms with van der Waals surface area (Å²) in [6.45, 7) is 13.0. The first-order chi connectivity index (χ1) is 12.3. The van der Waals surface area contributed by atoms with Crippen LogP contribution in [0.5, 0.6) is 0 Å². The SMILES string of the molecule is C=C1C(=C)[C@H]2[C@@H]3CC(=CO)C4=CC(=O)CC[C@]4(C)[C@@H]3CC[C@]2(C)C1C#N. The van der Waals surface area contributed by atoms with E-state index in [9.17, 15) is 15.2 Å². The van der Waals surface area contributed by atoms with Crippen molar-refractivity contribution in [2.75, 3.05) is 0 Å². The molecular formula is C23H27NO2. The number of fused-ring (bicyclic) bond motifs is 5. The summed E-state index contributed by atoms with van der Waals surface area (Å²) in [4.78, 5) is 12.0. The highest BCUT2D eigenvalue weighted by molar-refractivity contribution is 5.92. The number of nitriles is 1. The van der Waals surface area contributed by atoms with E-state index in [4.69, 9.17) is 0 Å². The molecule has 0 aliphatic heterocycles. The molecule has 4 aliphatic carbocycles. The number of aliphatic hydroxyl groups is 1. The van der Waals surface area contributed by atoms with Crippen LogP contribution >= 0.6 is 0 Å². The summed E-state index contributed by atoms with van der Waals surface area (Å²) in [5.74, 6) is 1.01. The Bertz CT molecular complexity index is 826. The maximum atomic E-state index is 12.0. The summed E-state index contributed by atoms with van der Waals surface area (Å²) in [5, 5.41) is 19.7. The minimum atomic E-state index is -0.166. The molecule has 4 rings (SSSR count). The van der Waals surface area contributed by atoms with Crippen molar-refractivity contribution in [3.05, 3.63) is 47.8 Å². The van der Waals surface area contributed by atoms with E-state index in [0.29, 0.717) is 18.3 Å². The smallest absolute Gasteiger partial charge is 0.156 e. The van der Waals surface area contributed by atoms with Gasteiger partial charge in [-0.2, -0.15) is 5.26 Å². The number of ketones is 1. The second-order valence-electron chi connectivity index (χ2n) is 9.21. The van der Waals surface area contributed by atoms with Gasteiger partial charge in [0.15, 0.2) is 5.78 Å². The highest BCUT2D eigenvalue weighted by Gasteiger charge is 2.62. The predicted molar refractivity (Wildman–Crippen MR) is 101 cm³/mol. The van der Waals surface area contributed by atoms with Crippen LogP contribution in [0.15, 0.2) is 47.8 Å². The molecule has 0 aromatic rings. The van der Waals surface area contributed by atoms with Gasteiger partial charge >= 0.3 is 0 Å². The Hall–Kier alpha value is -2.08. The molecule has 0 radical (unpaired) electrons. The summed E-state index contributed by atoms with van der Waals surface area (Å²) in [6, 6.07) is 2.50. The number of carbonyl (C=O) groups is 1. The number of carbonyl (C=O) groups excluding carboxylic acids is 1. The predicted octanol–water partition coefficient (Wildman–Crippen LogP) is 5.04. The van der Waals surface area contributed by atoms with Crippen LogP contribution in [-0.4, -0.2) is 10.9 Å². The average Bonchev–Trinajstić information content (AvgIpc) is 2.81. The second kappa shape index (κ2) is 5.46. The van der Waals surface area contributed by atoms with Gasteiger partial charge in [0, 0.05) is 6.42 Å². The molecule has 6 atom stereocenters. The lowest BCUT2D eigenvalue weighted by atomic mass is 9.46. The minimum Gasteiger partial charge on any atom is -0.515 e. The third kappa shape index (κ3) is 1.96. The van der Waals surface area contributed by atoms with Gasteiger partial charge in [-0.1, -0.05) is 27.0 Å². The van der Waals surface area contributed by atoms with Crippen LogP contribution in [0.1, 0.15) is 46.0 Å². The normalized spacial score (nSPS) is 46.3. The molecule has 0 aromatic heterocycles. The third-order valence-corrected chi connectivity index (χ3v) is 8.16. The van der Waals surface area contributed by atoms with Gasteiger partial charge in [0.2, 0.25) is 0 Å². The molecule has 136 valence electrons. The van der Waals surface area contributed by atoms with E-state index in [-0.39, 0.29) is 28.4 Å². The van der Waals surface area contributed by atoms with Crippen molar-refractivity contribution in [1.82, 2.24) is 0 Å². The number of hydrogen-bond donors (Lipinski definition) is 1. The fourth-order valence-corrected chi connectivity index (χ4v) is 6.84. The van der Waals surface area contributed by atoms with Gasteiger partial charge in [-0.25, -0.2) is 0 Å². The van der Waals surface area contributed by atoms with Crippen LogP contribution in [0.4, 0.5) is 0 Å². The maximum absolute atomic E-state index is 12.0. The van der Waals surface area contributed by atoms with Crippen molar-refractivity contribution >= 4 is 5.78 Å². The zero-order valence-corrected chi connectivity index (χ0v) is 15.7. The average molecular weight is 349 g/mol. The molecule has 3 fully saturated rings. The highest BCUT2D eigenvalue weighted by Crippen LogP contribution is 2.69. The van der Waals surface area contributed by atoms with Crippen molar-refractivity contribution in [2.24, 2.45) is 34.5 Å². The minimum absolute atomic E-state index is 0.0843. The molecule has 0 heterocycles. The number of aliphatic hydroxyl groups excluding tert-OH is 1. The zero-order chi connectivity index (χ0) is 18.9. The molecular weight excluding hydrogens is 322 g/mol. The van der Waals surface area contributed by atoms with Crippen LogP contribution in [-0.2, 0) is 4.79 Å². The van der Waals surface area contributed by atoms with Gasteiger partial charge in [0.1, 0.15) is 0 Å². The summed E-state index contributed by atoms with van der Waals surface area (Å²) in [7, 11) is 0. The summed E-state index contributed by atoms with van der Waals surface area (Å²) < 4.78 is 0. The van der Waals surface area contributed by atoms with Crippen molar-refractivity contribution in [3.63, 3.8) is 0 Å². The molecule has 0 bridgehead atoms. The Labute approximate surface area is 155 Å². The number of hydrogen-bond acceptors (Lipinski definition) is 3. The lowest BCUT2D eigenvalue weighted by molar-refractivity contribution is -0.116. The van der Waals surface area contributed by atoms with Gasteiger partial charge in [0.05, 0.1) is 18.2 Å². The Morgan fingerprint density at radius 2 is 2.04 bits per heavy atom. The van der Waals surface area contributed by atoms with Crippen molar-refractivity contribution in [1.29, 1.82) is 5.26 Å². The van der Waals surface area contributed by atoms with E-state index in [0.717, 1.165) is 48.0 Å². The lowest BCUT2D eigenvalue weighted by Gasteiger charge is -2.58. The topological polar surface area (TPSA) is 61.1 Å².